The first-order valence-corrected chi connectivity index (χ1v) is 11.7. The SMILES string of the molecule is O=C(CSc1ccc2c(c1)OCCO2)NNC(=O)CC12CC3CC(CC(C3)C1)C2. The highest BCUT2D eigenvalue weighted by molar-refractivity contribution is 8.00. The monoisotopic (exact) mass is 416 g/mol. The normalized spacial score (nSPS) is 31.4. The van der Waals surface area contributed by atoms with Crippen LogP contribution in [0.25, 0.3) is 0 Å². The molecule has 4 bridgehead atoms. The van der Waals surface area contributed by atoms with Crippen molar-refractivity contribution < 1.29 is 19.1 Å². The molecule has 0 aromatic heterocycles. The molecule has 2 N–H and O–H groups in total. The summed E-state index contributed by atoms with van der Waals surface area (Å²) in [6.07, 6.45) is 8.24. The average molecular weight is 417 g/mol. The molecule has 6 rings (SSSR count). The van der Waals surface area contributed by atoms with E-state index >= 15 is 0 Å². The lowest BCUT2D eigenvalue weighted by atomic mass is 9.49. The Hall–Kier alpha value is -1.89. The summed E-state index contributed by atoms with van der Waals surface area (Å²) in [4.78, 5) is 25.6. The Morgan fingerprint density at radius 1 is 0.931 bits per heavy atom. The lowest BCUT2D eigenvalue weighted by Crippen LogP contribution is -2.50. The fourth-order valence-electron chi connectivity index (χ4n) is 6.33. The minimum Gasteiger partial charge on any atom is -0.486 e. The topological polar surface area (TPSA) is 76.7 Å². The average Bonchev–Trinajstić information content (AvgIpc) is 2.69. The van der Waals surface area contributed by atoms with Gasteiger partial charge in [-0.2, -0.15) is 0 Å². The van der Waals surface area contributed by atoms with Gasteiger partial charge in [0.2, 0.25) is 11.8 Å². The Morgan fingerprint density at radius 3 is 2.24 bits per heavy atom. The van der Waals surface area contributed by atoms with Crippen molar-refractivity contribution in [3.63, 3.8) is 0 Å². The molecule has 4 fully saturated rings. The van der Waals surface area contributed by atoms with Gasteiger partial charge in [-0.15, -0.1) is 11.8 Å². The zero-order valence-electron chi connectivity index (χ0n) is 16.6. The molecule has 1 aliphatic heterocycles. The van der Waals surface area contributed by atoms with Crippen LogP contribution in [0.3, 0.4) is 0 Å². The Bertz CT molecular complexity index is 777. The van der Waals surface area contributed by atoms with E-state index in [0.717, 1.165) is 28.4 Å². The molecular weight excluding hydrogens is 388 g/mol. The van der Waals surface area contributed by atoms with Gasteiger partial charge in [-0.3, -0.25) is 20.4 Å². The Kier molecular flexibility index (Phi) is 5.10. The second kappa shape index (κ2) is 7.74. The van der Waals surface area contributed by atoms with E-state index in [1.165, 1.54) is 50.3 Å². The van der Waals surface area contributed by atoms with Gasteiger partial charge in [-0.1, -0.05) is 0 Å². The number of hydrogen-bond acceptors (Lipinski definition) is 5. The third-order valence-corrected chi connectivity index (χ3v) is 7.92. The number of thioether (sulfide) groups is 1. The summed E-state index contributed by atoms with van der Waals surface area (Å²) in [6, 6.07) is 5.66. The van der Waals surface area contributed by atoms with E-state index in [2.05, 4.69) is 10.9 Å². The van der Waals surface area contributed by atoms with Crippen LogP contribution in [0.4, 0.5) is 0 Å². The fourth-order valence-corrected chi connectivity index (χ4v) is 7.05. The van der Waals surface area contributed by atoms with E-state index in [9.17, 15) is 9.59 Å². The van der Waals surface area contributed by atoms with Crippen molar-refractivity contribution >= 4 is 23.6 Å². The van der Waals surface area contributed by atoms with Gasteiger partial charge in [-0.05, 0) is 79.9 Å². The van der Waals surface area contributed by atoms with E-state index in [0.29, 0.717) is 25.4 Å². The molecule has 29 heavy (non-hydrogen) atoms. The van der Waals surface area contributed by atoms with Gasteiger partial charge in [0.15, 0.2) is 11.5 Å². The fraction of sp³-hybridized carbons (Fsp3) is 0.636. The molecule has 4 saturated carbocycles. The zero-order chi connectivity index (χ0) is 19.8. The molecule has 7 heteroatoms. The van der Waals surface area contributed by atoms with Crippen molar-refractivity contribution in [2.24, 2.45) is 23.2 Å². The molecule has 4 aliphatic carbocycles. The molecule has 1 aromatic rings. The first kappa shape index (κ1) is 19.1. The summed E-state index contributed by atoms with van der Waals surface area (Å²) < 4.78 is 11.1. The van der Waals surface area contributed by atoms with E-state index in [1.807, 2.05) is 18.2 Å². The number of benzene rings is 1. The maximum Gasteiger partial charge on any atom is 0.248 e. The maximum atomic E-state index is 12.5. The summed E-state index contributed by atoms with van der Waals surface area (Å²) in [5, 5.41) is 0. The van der Waals surface area contributed by atoms with Crippen molar-refractivity contribution in [3.8, 4) is 11.5 Å². The largest absolute Gasteiger partial charge is 0.486 e. The van der Waals surface area contributed by atoms with Crippen molar-refractivity contribution in [1.82, 2.24) is 10.9 Å². The predicted octanol–water partition coefficient (Wildman–Crippen LogP) is 3.30. The van der Waals surface area contributed by atoms with E-state index in [1.54, 1.807) is 0 Å². The molecule has 5 aliphatic rings. The number of carbonyl (C=O) groups excluding carboxylic acids is 2. The number of fused-ring (bicyclic) bond motifs is 1. The van der Waals surface area contributed by atoms with Gasteiger partial charge >= 0.3 is 0 Å². The summed E-state index contributed by atoms with van der Waals surface area (Å²) in [6.45, 7) is 1.10. The van der Waals surface area contributed by atoms with Crippen molar-refractivity contribution in [1.29, 1.82) is 0 Å². The molecule has 2 amide bonds. The number of carbonyl (C=O) groups is 2. The lowest BCUT2D eigenvalue weighted by Gasteiger charge is -2.56. The molecule has 0 spiro atoms. The van der Waals surface area contributed by atoms with Crippen LogP contribution < -0.4 is 20.3 Å². The quantitative estimate of drug-likeness (QED) is 0.569. The number of ether oxygens (including phenoxy) is 2. The lowest BCUT2D eigenvalue weighted by molar-refractivity contribution is -0.133. The molecule has 156 valence electrons. The highest BCUT2D eigenvalue weighted by Crippen LogP contribution is 2.61. The number of hydrazine groups is 1. The summed E-state index contributed by atoms with van der Waals surface area (Å²) >= 11 is 1.41. The van der Waals surface area contributed by atoms with Gasteiger partial charge in [0, 0.05) is 11.3 Å². The highest BCUT2D eigenvalue weighted by Gasteiger charge is 2.51. The van der Waals surface area contributed by atoms with E-state index in [-0.39, 0.29) is 23.0 Å². The predicted molar refractivity (Wildman–Crippen MR) is 110 cm³/mol. The molecule has 0 saturated heterocycles. The second-order valence-electron chi connectivity index (χ2n) is 9.28. The first-order valence-electron chi connectivity index (χ1n) is 10.7. The summed E-state index contributed by atoms with van der Waals surface area (Å²) in [5.74, 6) is 3.90. The molecule has 0 atom stereocenters. The Morgan fingerprint density at radius 2 is 1.55 bits per heavy atom. The van der Waals surface area contributed by atoms with E-state index < -0.39 is 0 Å². The van der Waals surface area contributed by atoms with Crippen LogP contribution in [0.5, 0.6) is 11.5 Å². The van der Waals surface area contributed by atoms with Gasteiger partial charge in [0.25, 0.3) is 0 Å². The van der Waals surface area contributed by atoms with Gasteiger partial charge in [0.1, 0.15) is 13.2 Å². The maximum absolute atomic E-state index is 12.5. The molecule has 6 nitrogen and oxygen atoms in total. The third kappa shape index (κ3) is 4.20. The van der Waals surface area contributed by atoms with Gasteiger partial charge in [-0.25, -0.2) is 0 Å². The van der Waals surface area contributed by atoms with Crippen molar-refractivity contribution in [2.45, 2.75) is 49.8 Å². The molecule has 0 radical (unpaired) electrons. The van der Waals surface area contributed by atoms with Crippen LogP contribution in [0.2, 0.25) is 0 Å². The van der Waals surface area contributed by atoms with Crippen LogP contribution in [0, 0.1) is 23.2 Å². The van der Waals surface area contributed by atoms with Gasteiger partial charge < -0.3 is 9.47 Å². The highest BCUT2D eigenvalue weighted by atomic mass is 32.2. The number of nitrogens with one attached hydrogen (secondary N) is 2. The van der Waals surface area contributed by atoms with Crippen LogP contribution in [0.1, 0.15) is 44.9 Å². The van der Waals surface area contributed by atoms with Crippen LogP contribution in [0.15, 0.2) is 23.1 Å². The molecular formula is C22H28N2O4S. The minimum absolute atomic E-state index is 0.0513. The smallest absolute Gasteiger partial charge is 0.248 e. The Labute approximate surface area is 175 Å². The number of hydrogen-bond donors (Lipinski definition) is 2. The molecule has 1 aromatic carbocycles. The number of amides is 2. The van der Waals surface area contributed by atoms with Crippen LogP contribution >= 0.6 is 11.8 Å². The molecule has 0 unspecified atom stereocenters. The third-order valence-electron chi connectivity index (χ3n) is 6.93. The summed E-state index contributed by atoms with van der Waals surface area (Å²) in [7, 11) is 0. The molecule has 1 heterocycles. The standard InChI is InChI=1S/C22H28N2O4S/c25-20(12-22-9-14-5-15(10-22)7-16(6-14)11-22)23-24-21(26)13-29-17-1-2-18-19(8-17)28-4-3-27-18/h1-2,8,14-16H,3-7,9-13H2,(H,23,25)(H,24,26). The van der Waals surface area contributed by atoms with Crippen LogP contribution in [-0.4, -0.2) is 30.8 Å². The second-order valence-corrected chi connectivity index (χ2v) is 10.3. The first-order chi connectivity index (χ1) is 14.1. The van der Waals surface area contributed by atoms with E-state index in [4.69, 9.17) is 9.47 Å². The zero-order valence-corrected chi connectivity index (χ0v) is 17.4. The van der Waals surface area contributed by atoms with Crippen molar-refractivity contribution in [3.05, 3.63) is 18.2 Å². The van der Waals surface area contributed by atoms with Gasteiger partial charge in [0.05, 0.1) is 5.75 Å². The van der Waals surface area contributed by atoms with Crippen LogP contribution in [-0.2, 0) is 9.59 Å². The van der Waals surface area contributed by atoms with Crippen molar-refractivity contribution in [2.75, 3.05) is 19.0 Å². The Balaban J connectivity index is 1.08. The summed E-state index contributed by atoms with van der Waals surface area (Å²) in [5.41, 5.74) is 5.41. The minimum atomic E-state index is -0.205. The number of rotatable bonds is 5.